The average Bonchev–Trinajstić information content (AvgIpc) is 2.50. The van der Waals surface area contributed by atoms with Crippen molar-refractivity contribution in [3.8, 4) is 0 Å². The normalized spacial score (nSPS) is 25.6. The molecule has 4 nitrogen and oxygen atoms in total. The SMILES string of the molecule is CC1CCC(CN)(C(=O)Nc2ccc(CCO)cc2)CC1. The molecule has 0 bridgehead atoms. The van der Waals surface area contributed by atoms with Gasteiger partial charge in [-0.2, -0.15) is 0 Å². The summed E-state index contributed by atoms with van der Waals surface area (Å²) in [6.07, 6.45) is 4.52. The second-order valence-corrected chi connectivity index (χ2v) is 6.29. The van der Waals surface area contributed by atoms with Gasteiger partial charge < -0.3 is 16.2 Å². The summed E-state index contributed by atoms with van der Waals surface area (Å²) in [6.45, 7) is 2.78. The molecular formula is C17H26N2O2. The van der Waals surface area contributed by atoms with Crippen LogP contribution in [0.1, 0.15) is 38.2 Å². The number of nitrogens with one attached hydrogen (secondary N) is 1. The quantitative estimate of drug-likeness (QED) is 0.779. The fourth-order valence-electron chi connectivity index (χ4n) is 2.99. The first-order valence-corrected chi connectivity index (χ1v) is 7.81. The zero-order chi connectivity index (χ0) is 15.3. The van der Waals surface area contributed by atoms with Gasteiger partial charge in [0, 0.05) is 18.8 Å². The molecule has 116 valence electrons. The van der Waals surface area contributed by atoms with Gasteiger partial charge in [-0.15, -0.1) is 0 Å². The van der Waals surface area contributed by atoms with Crippen LogP contribution < -0.4 is 11.1 Å². The maximum absolute atomic E-state index is 12.6. The van der Waals surface area contributed by atoms with Crippen LogP contribution in [0.15, 0.2) is 24.3 Å². The van der Waals surface area contributed by atoms with Crippen molar-refractivity contribution in [2.45, 2.75) is 39.0 Å². The number of aliphatic hydroxyl groups is 1. The van der Waals surface area contributed by atoms with Crippen molar-refractivity contribution in [1.29, 1.82) is 0 Å². The van der Waals surface area contributed by atoms with Gasteiger partial charge in [0.2, 0.25) is 5.91 Å². The summed E-state index contributed by atoms with van der Waals surface area (Å²) in [6, 6.07) is 7.64. The smallest absolute Gasteiger partial charge is 0.231 e. The molecule has 1 saturated carbocycles. The van der Waals surface area contributed by atoms with E-state index in [1.54, 1.807) is 0 Å². The third-order valence-corrected chi connectivity index (χ3v) is 4.72. The van der Waals surface area contributed by atoms with E-state index in [4.69, 9.17) is 10.8 Å². The van der Waals surface area contributed by atoms with E-state index in [2.05, 4.69) is 12.2 Å². The molecule has 1 aliphatic carbocycles. The molecule has 21 heavy (non-hydrogen) atoms. The van der Waals surface area contributed by atoms with Crippen LogP contribution in [0.25, 0.3) is 0 Å². The zero-order valence-corrected chi connectivity index (χ0v) is 12.8. The van der Waals surface area contributed by atoms with Crippen LogP contribution in [0, 0.1) is 11.3 Å². The number of hydrogen-bond donors (Lipinski definition) is 3. The molecule has 0 saturated heterocycles. The van der Waals surface area contributed by atoms with E-state index in [1.165, 1.54) is 0 Å². The molecule has 4 heteroatoms. The second kappa shape index (κ2) is 7.05. The number of aliphatic hydroxyl groups excluding tert-OH is 1. The molecule has 4 N–H and O–H groups in total. The van der Waals surface area contributed by atoms with Gasteiger partial charge >= 0.3 is 0 Å². The monoisotopic (exact) mass is 290 g/mol. The van der Waals surface area contributed by atoms with Crippen molar-refractivity contribution < 1.29 is 9.90 Å². The number of carbonyl (C=O) groups excluding carboxylic acids is 1. The van der Waals surface area contributed by atoms with Gasteiger partial charge in [0.25, 0.3) is 0 Å². The highest BCUT2D eigenvalue weighted by molar-refractivity contribution is 5.95. The number of amides is 1. The second-order valence-electron chi connectivity index (χ2n) is 6.29. The standard InChI is InChI=1S/C17H26N2O2/c1-13-6-9-17(12-18,10-7-13)16(21)19-15-4-2-14(3-5-15)8-11-20/h2-5,13,20H,6-12,18H2,1H3,(H,19,21). The number of anilines is 1. The van der Waals surface area contributed by atoms with Gasteiger partial charge in [0.05, 0.1) is 5.41 Å². The third kappa shape index (κ3) is 3.83. The van der Waals surface area contributed by atoms with Gasteiger partial charge in [-0.05, 0) is 55.7 Å². The molecule has 1 aromatic rings. The Balaban J connectivity index is 2.02. The van der Waals surface area contributed by atoms with Crippen LogP contribution >= 0.6 is 0 Å². The molecule has 0 aromatic heterocycles. The van der Waals surface area contributed by atoms with Gasteiger partial charge in [-0.25, -0.2) is 0 Å². The van der Waals surface area contributed by atoms with Crippen molar-refractivity contribution in [3.63, 3.8) is 0 Å². The molecule has 0 radical (unpaired) electrons. The Hall–Kier alpha value is -1.39. The summed E-state index contributed by atoms with van der Waals surface area (Å²) in [7, 11) is 0. The molecule has 1 aromatic carbocycles. The van der Waals surface area contributed by atoms with Crippen molar-refractivity contribution in [2.75, 3.05) is 18.5 Å². The summed E-state index contributed by atoms with van der Waals surface area (Å²) in [5.41, 5.74) is 7.37. The summed E-state index contributed by atoms with van der Waals surface area (Å²) >= 11 is 0. The van der Waals surface area contributed by atoms with Crippen molar-refractivity contribution in [1.82, 2.24) is 0 Å². The minimum atomic E-state index is -0.406. The zero-order valence-electron chi connectivity index (χ0n) is 12.8. The topological polar surface area (TPSA) is 75.4 Å². The fraction of sp³-hybridized carbons (Fsp3) is 0.588. The summed E-state index contributed by atoms with van der Waals surface area (Å²) in [4.78, 5) is 12.6. The van der Waals surface area contributed by atoms with Gasteiger partial charge in [-0.1, -0.05) is 19.1 Å². The summed E-state index contributed by atoms with van der Waals surface area (Å²) < 4.78 is 0. The van der Waals surface area contributed by atoms with Gasteiger partial charge in [-0.3, -0.25) is 4.79 Å². The maximum atomic E-state index is 12.6. The number of benzene rings is 1. The van der Waals surface area contributed by atoms with E-state index < -0.39 is 5.41 Å². The Morgan fingerprint density at radius 1 is 1.33 bits per heavy atom. The van der Waals surface area contributed by atoms with Crippen LogP contribution in [0.5, 0.6) is 0 Å². The van der Waals surface area contributed by atoms with Crippen molar-refractivity contribution in [3.05, 3.63) is 29.8 Å². The average molecular weight is 290 g/mol. The van der Waals surface area contributed by atoms with Gasteiger partial charge in [0.15, 0.2) is 0 Å². The number of hydrogen-bond acceptors (Lipinski definition) is 3. The lowest BCUT2D eigenvalue weighted by molar-refractivity contribution is -0.127. The Labute approximate surface area is 126 Å². The van der Waals surface area contributed by atoms with Crippen LogP contribution in [-0.2, 0) is 11.2 Å². The molecule has 2 rings (SSSR count). The molecule has 1 aliphatic rings. The number of carbonyl (C=O) groups is 1. The van der Waals surface area contributed by atoms with E-state index in [1.807, 2.05) is 24.3 Å². The van der Waals surface area contributed by atoms with E-state index in [0.717, 1.165) is 36.9 Å². The van der Waals surface area contributed by atoms with E-state index in [9.17, 15) is 4.79 Å². The molecule has 0 spiro atoms. The predicted molar refractivity (Wildman–Crippen MR) is 85.0 cm³/mol. The minimum absolute atomic E-state index is 0.0480. The molecule has 0 heterocycles. The predicted octanol–water partition coefficient (Wildman–Crippen LogP) is 2.32. The maximum Gasteiger partial charge on any atom is 0.231 e. The Bertz CT molecular complexity index is 462. The lowest BCUT2D eigenvalue weighted by Crippen LogP contribution is -2.44. The summed E-state index contributed by atoms with van der Waals surface area (Å²) in [5, 5.41) is 11.9. The van der Waals surface area contributed by atoms with Crippen LogP contribution in [-0.4, -0.2) is 24.2 Å². The molecular weight excluding hydrogens is 264 g/mol. The minimum Gasteiger partial charge on any atom is -0.396 e. The number of nitrogens with two attached hydrogens (primary N) is 1. The van der Waals surface area contributed by atoms with Crippen LogP contribution in [0.4, 0.5) is 5.69 Å². The van der Waals surface area contributed by atoms with Crippen LogP contribution in [0.3, 0.4) is 0 Å². The Morgan fingerprint density at radius 2 is 1.95 bits per heavy atom. The lowest BCUT2D eigenvalue weighted by atomic mass is 9.70. The highest BCUT2D eigenvalue weighted by atomic mass is 16.2. The van der Waals surface area contributed by atoms with Crippen molar-refractivity contribution >= 4 is 11.6 Å². The Kier molecular flexibility index (Phi) is 5.37. The van der Waals surface area contributed by atoms with E-state index in [0.29, 0.717) is 18.9 Å². The largest absolute Gasteiger partial charge is 0.396 e. The Morgan fingerprint density at radius 3 is 2.48 bits per heavy atom. The van der Waals surface area contributed by atoms with Crippen LogP contribution in [0.2, 0.25) is 0 Å². The summed E-state index contributed by atoms with van der Waals surface area (Å²) in [5.74, 6) is 0.738. The van der Waals surface area contributed by atoms with Crippen molar-refractivity contribution in [2.24, 2.45) is 17.1 Å². The van der Waals surface area contributed by atoms with E-state index in [-0.39, 0.29) is 12.5 Å². The lowest BCUT2D eigenvalue weighted by Gasteiger charge is -2.37. The molecule has 0 unspecified atom stereocenters. The van der Waals surface area contributed by atoms with E-state index >= 15 is 0 Å². The number of rotatable bonds is 5. The highest BCUT2D eigenvalue weighted by Crippen LogP contribution is 2.39. The third-order valence-electron chi connectivity index (χ3n) is 4.72. The highest BCUT2D eigenvalue weighted by Gasteiger charge is 2.39. The fourth-order valence-corrected chi connectivity index (χ4v) is 2.99. The molecule has 1 amide bonds. The first-order chi connectivity index (χ1) is 10.1. The molecule has 1 fully saturated rings. The first kappa shape index (κ1) is 16.0. The molecule has 0 atom stereocenters. The molecule has 0 aliphatic heterocycles. The first-order valence-electron chi connectivity index (χ1n) is 7.81. The van der Waals surface area contributed by atoms with Gasteiger partial charge in [0.1, 0.15) is 0 Å².